The summed E-state index contributed by atoms with van der Waals surface area (Å²) in [5.74, 6) is -1.20. The number of aliphatic carboxylic acids is 1. The van der Waals surface area contributed by atoms with Gasteiger partial charge in [-0.2, -0.15) is 0 Å². The van der Waals surface area contributed by atoms with Gasteiger partial charge >= 0.3 is 12.1 Å². The fourth-order valence-electron chi connectivity index (χ4n) is 4.36. The van der Waals surface area contributed by atoms with Crippen molar-refractivity contribution in [3.05, 3.63) is 59.7 Å². The molecular weight excluding hydrogens is 342 g/mol. The first-order chi connectivity index (χ1) is 13.0. The van der Waals surface area contributed by atoms with E-state index in [2.05, 4.69) is 24.3 Å². The topological polar surface area (TPSA) is 66.8 Å². The Morgan fingerprint density at radius 2 is 1.63 bits per heavy atom. The molecule has 0 aromatic heterocycles. The van der Waals surface area contributed by atoms with E-state index in [1.165, 1.54) is 22.3 Å². The summed E-state index contributed by atoms with van der Waals surface area (Å²) in [5, 5.41) is 9.30. The molecule has 0 unspecified atom stereocenters. The number of carboxylic acid groups (broad SMARTS) is 1. The smallest absolute Gasteiger partial charge is 0.409 e. The second-order valence-electron chi connectivity index (χ2n) is 7.59. The van der Waals surface area contributed by atoms with E-state index in [9.17, 15) is 14.7 Å². The normalized spacial score (nSPS) is 21.4. The molecule has 2 atom stereocenters. The fourth-order valence-corrected chi connectivity index (χ4v) is 4.36. The maximum atomic E-state index is 12.6. The van der Waals surface area contributed by atoms with Crippen LogP contribution in [-0.2, 0) is 9.53 Å². The van der Waals surface area contributed by atoms with Gasteiger partial charge in [-0.1, -0.05) is 55.5 Å². The van der Waals surface area contributed by atoms with Crippen LogP contribution in [0.15, 0.2) is 48.5 Å². The zero-order valence-corrected chi connectivity index (χ0v) is 15.3. The molecule has 5 heteroatoms. The van der Waals surface area contributed by atoms with E-state index in [4.69, 9.17) is 4.74 Å². The summed E-state index contributed by atoms with van der Waals surface area (Å²) in [6, 6.07) is 16.4. The molecule has 0 radical (unpaired) electrons. The van der Waals surface area contributed by atoms with Crippen LogP contribution in [0.4, 0.5) is 4.79 Å². The number of carbonyl (C=O) groups excluding carboxylic acids is 1. The van der Waals surface area contributed by atoms with Gasteiger partial charge in [0.15, 0.2) is 0 Å². The van der Waals surface area contributed by atoms with Crippen LogP contribution >= 0.6 is 0 Å². The van der Waals surface area contributed by atoms with Gasteiger partial charge in [-0.3, -0.25) is 4.79 Å². The van der Waals surface area contributed by atoms with Gasteiger partial charge in [-0.05, 0) is 34.6 Å². The molecule has 1 amide bonds. The Kier molecular flexibility index (Phi) is 4.60. The Balaban J connectivity index is 1.49. The number of fused-ring (bicyclic) bond motifs is 3. The Hall–Kier alpha value is -2.82. The highest BCUT2D eigenvalue weighted by molar-refractivity contribution is 5.79. The van der Waals surface area contributed by atoms with Crippen molar-refractivity contribution in [2.45, 2.75) is 19.3 Å². The highest BCUT2D eigenvalue weighted by Crippen LogP contribution is 2.44. The predicted octanol–water partition coefficient (Wildman–Crippen LogP) is 3.98. The summed E-state index contributed by atoms with van der Waals surface area (Å²) in [4.78, 5) is 25.5. The monoisotopic (exact) mass is 365 g/mol. The van der Waals surface area contributed by atoms with Gasteiger partial charge < -0.3 is 14.7 Å². The highest BCUT2D eigenvalue weighted by atomic mass is 16.6. The summed E-state index contributed by atoms with van der Waals surface area (Å²) >= 11 is 0. The number of amides is 1. The van der Waals surface area contributed by atoms with Crippen LogP contribution in [0.25, 0.3) is 11.1 Å². The number of piperidine rings is 1. The molecule has 1 heterocycles. The molecule has 0 saturated carbocycles. The lowest BCUT2D eigenvalue weighted by atomic mass is 9.91. The van der Waals surface area contributed by atoms with Crippen molar-refractivity contribution < 1.29 is 19.4 Å². The average molecular weight is 365 g/mol. The minimum atomic E-state index is -0.849. The van der Waals surface area contributed by atoms with Gasteiger partial charge in [0.25, 0.3) is 0 Å². The molecule has 4 rings (SSSR count). The summed E-state index contributed by atoms with van der Waals surface area (Å²) in [5.41, 5.74) is 4.71. The molecule has 2 aromatic rings. The van der Waals surface area contributed by atoms with E-state index in [0.29, 0.717) is 13.0 Å². The average Bonchev–Trinajstić information content (AvgIpc) is 2.99. The second kappa shape index (κ2) is 7.06. The summed E-state index contributed by atoms with van der Waals surface area (Å²) in [6.45, 7) is 2.99. The molecule has 2 aromatic carbocycles. The van der Waals surface area contributed by atoms with Crippen molar-refractivity contribution >= 4 is 12.1 Å². The van der Waals surface area contributed by atoms with Gasteiger partial charge in [0.2, 0.25) is 0 Å². The molecule has 1 N–H and O–H groups in total. The van der Waals surface area contributed by atoms with Gasteiger partial charge in [0.05, 0.1) is 5.92 Å². The highest BCUT2D eigenvalue weighted by Gasteiger charge is 2.34. The van der Waals surface area contributed by atoms with Crippen LogP contribution in [-0.4, -0.2) is 41.8 Å². The lowest BCUT2D eigenvalue weighted by Crippen LogP contribution is -2.46. The maximum absolute atomic E-state index is 12.6. The van der Waals surface area contributed by atoms with Gasteiger partial charge in [-0.15, -0.1) is 0 Å². The predicted molar refractivity (Wildman–Crippen MR) is 102 cm³/mol. The van der Waals surface area contributed by atoms with Crippen molar-refractivity contribution in [1.29, 1.82) is 0 Å². The number of nitrogens with zero attached hydrogens (tertiary/aromatic N) is 1. The summed E-state index contributed by atoms with van der Waals surface area (Å²) in [7, 11) is 0. The largest absolute Gasteiger partial charge is 0.481 e. The first-order valence-corrected chi connectivity index (χ1v) is 9.37. The van der Waals surface area contributed by atoms with E-state index < -0.39 is 18.0 Å². The molecule has 1 saturated heterocycles. The molecular formula is C22H23NO4. The van der Waals surface area contributed by atoms with Crippen LogP contribution < -0.4 is 0 Å². The fraction of sp³-hybridized carbons (Fsp3) is 0.364. The molecule has 0 bridgehead atoms. The number of benzene rings is 2. The number of likely N-dealkylation sites (tertiary alicyclic amines) is 1. The number of carboxylic acids is 1. The van der Waals surface area contributed by atoms with Crippen LogP contribution in [0.5, 0.6) is 0 Å². The Morgan fingerprint density at radius 3 is 2.22 bits per heavy atom. The lowest BCUT2D eigenvalue weighted by molar-refractivity contribution is -0.144. The van der Waals surface area contributed by atoms with Crippen LogP contribution in [0, 0.1) is 11.8 Å². The van der Waals surface area contributed by atoms with E-state index in [-0.39, 0.29) is 25.0 Å². The van der Waals surface area contributed by atoms with E-state index in [1.54, 1.807) is 4.90 Å². The van der Waals surface area contributed by atoms with Crippen molar-refractivity contribution in [2.75, 3.05) is 19.7 Å². The minimum absolute atomic E-state index is 0.0128. The molecule has 5 nitrogen and oxygen atoms in total. The van der Waals surface area contributed by atoms with Gasteiger partial charge in [0, 0.05) is 19.0 Å². The Labute approximate surface area is 158 Å². The van der Waals surface area contributed by atoms with Gasteiger partial charge in [0.1, 0.15) is 6.61 Å². The summed E-state index contributed by atoms with van der Waals surface area (Å²) in [6.07, 6.45) is 0.178. The second-order valence-corrected chi connectivity index (χ2v) is 7.59. The van der Waals surface area contributed by atoms with E-state index >= 15 is 0 Å². The SMILES string of the molecule is C[C@@H]1C[C@H](C(=O)O)CN(C(=O)OCC2c3ccccc3-c3ccccc32)C1. The standard InChI is InChI=1S/C22H23NO4/c1-14-10-15(21(24)25)12-23(11-14)22(26)27-13-20-18-8-4-2-6-16(18)17-7-3-5-9-19(17)20/h2-9,14-15,20H,10-13H2,1H3,(H,24,25)/t14-,15+/m1/s1. The lowest BCUT2D eigenvalue weighted by Gasteiger charge is -2.34. The molecule has 0 spiro atoms. The van der Waals surface area contributed by atoms with Crippen LogP contribution in [0.1, 0.15) is 30.4 Å². The quantitative estimate of drug-likeness (QED) is 0.893. The van der Waals surface area contributed by atoms with Crippen molar-refractivity contribution in [1.82, 2.24) is 4.90 Å². The Bertz CT molecular complexity index is 833. The van der Waals surface area contributed by atoms with E-state index in [1.807, 2.05) is 31.2 Å². The molecule has 1 fully saturated rings. The van der Waals surface area contributed by atoms with Crippen LogP contribution in [0.2, 0.25) is 0 Å². The zero-order valence-electron chi connectivity index (χ0n) is 15.3. The van der Waals surface area contributed by atoms with Crippen molar-refractivity contribution in [3.63, 3.8) is 0 Å². The number of hydrogen-bond donors (Lipinski definition) is 1. The van der Waals surface area contributed by atoms with Crippen molar-refractivity contribution in [2.24, 2.45) is 11.8 Å². The Morgan fingerprint density at radius 1 is 1.04 bits per heavy atom. The first-order valence-electron chi connectivity index (χ1n) is 9.37. The molecule has 140 valence electrons. The number of rotatable bonds is 3. The van der Waals surface area contributed by atoms with Crippen LogP contribution in [0.3, 0.4) is 0 Å². The number of carbonyl (C=O) groups is 2. The third kappa shape index (κ3) is 3.29. The number of hydrogen-bond acceptors (Lipinski definition) is 3. The van der Waals surface area contributed by atoms with Gasteiger partial charge in [-0.25, -0.2) is 4.79 Å². The molecule has 27 heavy (non-hydrogen) atoms. The maximum Gasteiger partial charge on any atom is 0.409 e. The molecule has 2 aliphatic rings. The minimum Gasteiger partial charge on any atom is -0.481 e. The van der Waals surface area contributed by atoms with Crippen molar-refractivity contribution in [3.8, 4) is 11.1 Å². The third-order valence-corrected chi connectivity index (χ3v) is 5.60. The number of ether oxygens (including phenoxy) is 1. The third-order valence-electron chi connectivity index (χ3n) is 5.60. The zero-order chi connectivity index (χ0) is 19.0. The van der Waals surface area contributed by atoms with E-state index in [0.717, 1.165) is 0 Å². The summed E-state index contributed by atoms with van der Waals surface area (Å²) < 4.78 is 5.65. The molecule has 1 aliphatic carbocycles. The molecule has 1 aliphatic heterocycles. The first kappa shape index (κ1) is 17.6.